The first kappa shape index (κ1) is 14.8. The second-order valence-electron chi connectivity index (χ2n) is 5.21. The number of nitrogens with one attached hydrogen (secondary N) is 2. The van der Waals surface area contributed by atoms with Crippen molar-refractivity contribution in [3.63, 3.8) is 0 Å². The molecule has 1 fully saturated rings. The van der Waals surface area contributed by atoms with Crippen molar-refractivity contribution in [1.29, 1.82) is 0 Å². The first-order chi connectivity index (χ1) is 9.56. The predicted octanol–water partition coefficient (Wildman–Crippen LogP) is 1.35. The molecule has 0 bridgehead atoms. The summed E-state index contributed by atoms with van der Waals surface area (Å²) in [6.07, 6.45) is 1.64. The van der Waals surface area contributed by atoms with E-state index in [0.717, 1.165) is 36.2 Å². The third-order valence-corrected chi connectivity index (χ3v) is 3.43. The number of phenolic OH excluding ortho intramolecular Hbond substituents is 1. The van der Waals surface area contributed by atoms with E-state index in [0.29, 0.717) is 18.6 Å². The number of aromatic hydroxyl groups is 1. The molecule has 0 spiro atoms. The molecule has 1 aromatic carbocycles. The zero-order chi connectivity index (χ0) is 14.5. The molecule has 0 radical (unpaired) electrons. The molecule has 0 atom stereocenters. The van der Waals surface area contributed by atoms with Gasteiger partial charge >= 0.3 is 5.97 Å². The highest BCUT2D eigenvalue weighted by atomic mass is 16.6. The summed E-state index contributed by atoms with van der Waals surface area (Å²) in [5.41, 5.74) is 2.72. The molecule has 1 heterocycles. The summed E-state index contributed by atoms with van der Waals surface area (Å²) in [5, 5.41) is 15.9. The van der Waals surface area contributed by atoms with E-state index in [4.69, 9.17) is 4.74 Å². The number of ether oxygens (including phenoxy) is 1. The van der Waals surface area contributed by atoms with Crippen LogP contribution in [0.4, 0.5) is 0 Å². The summed E-state index contributed by atoms with van der Waals surface area (Å²) in [4.78, 5) is 11.8. The lowest BCUT2D eigenvalue weighted by Crippen LogP contribution is -2.50. The van der Waals surface area contributed by atoms with Gasteiger partial charge in [-0.05, 0) is 43.4 Å². The van der Waals surface area contributed by atoms with Crippen LogP contribution in [-0.4, -0.2) is 30.5 Å². The van der Waals surface area contributed by atoms with E-state index in [-0.39, 0.29) is 12.3 Å². The van der Waals surface area contributed by atoms with Gasteiger partial charge < -0.3 is 9.84 Å². The minimum Gasteiger partial charge on any atom is -0.507 e. The van der Waals surface area contributed by atoms with Crippen molar-refractivity contribution >= 4 is 5.97 Å². The number of aryl methyl sites for hydroxylation is 3. The molecule has 110 valence electrons. The monoisotopic (exact) mass is 278 g/mol. The van der Waals surface area contributed by atoms with Crippen molar-refractivity contribution in [1.82, 2.24) is 10.6 Å². The van der Waals surface area contributed by atoms with Gasteiger partial charge in [0.1, 0.15) is 5.75 Å². The molecule has 20 heavy (non-hydrogen) atoms. The lowest BCUT2D eigenvalue weighted by Gasteiger charge is -2.24. The van der Waals surface area contributed by atoms with Crippen LogP contribution in [0.5, 0.6) is 5.75 Å². The highest BCUT2D eigenvalue weighted by Gasteiger charge is 2.16. The zero-order valence-electron chi connectivity index (χ0n) is 12.0. The fourth-order valence-corrected chi connectivity index (χ4v) is 2.34. The van der Waals surface area contributed by atoms with Gasteiger partial charge in [0.15, 0.2) is 0 Å². The number of carbonyl (C=O) groups excluding carboxylic acids is 1. The average molecular weight is 278 g/mol. The molecule has 0 aliphatic carbocycles. The number of esters is 1. The van der Waals surface area contributed by atoms with Crippen molar-refractivity contribution in [2.45, 2.75) is 39.5 Å². The predicted molar refractivity (Wildman–Crippen MR) is 76.4 cm³/mol. The number of rotatable bonds is 4. The van der Waals surface area contributed by atoms with Crippen LogP contribution in [0.2, 0.25) is 0 Å². The van der Waals surface area contributed by atoms with E-state index in [1.807, 2.05) is 26.0 Å². The van der Waals surface area contributed by atoms with Crippen LogP contribution >= 0.6 is 0 Å². The summed E-state index contributed by atoms with van der Waals surface area (Å²) in [5.74, 6) is 0.104. The Balaban J connectivity index is 1.83. The molecule has 0 saturated carbocycles. The van der Waals surface area contributed by atoms with E-state index < -0.39 is 0 Å². The Kier molecular flexibility index (Phi) is 4.98. The van der Waals surface area contributed by atoms with E-state index in [9.17, 15) is 9.90 Å². The molecule has 5 heteroatoms. The lowest BCUT2D eigenvalue weighted by atomic mass is 10.0. The smallest absolute Gasteiger partial charge is 0.308 e. The Labute approximate surface area is 119 Å². The Morgan fingerprint density at radius 3 is 2.50 bits per heavy atom. The minimum atomic E-state index is -0.362. The van der Waals surface area contributed by atoms with Gasteiger partial charge in [-0.15, -0.1) is 0 Å². The first-order valence-electron chi connectivity index (χ1n) is 7.01. The molecule has 1 aromatic rings. The Hall–Kier alpha value is -1.59. The van der Waals surface area contributed by atoms with Gasteiger partial charge in [0.2, 0.25) is 6.35 Å². The molecule has 1 aliphatic rings. The molecule has 1 saturated heterocycles. The molecule has 3 N–H and O–H groups in total. The van der Waals surface area contributed by atoms with Gasteiger partial charge in [0, 0.05) is 19.5 Å². The second-order valence-corrected chi connectivity index (χ2v) is 5.21. The van der Waals surface area contributed by atoms with Crippen LogP contribution in [0.1, 0.15) is 29.5 Å². The quantitative estimate of drug-likeness (QED) is 0.725. The minimum absolute atomic E-state index is 0.222. The van der Waals surface area contributed by atoms with Crippen LogP contribution in [-0.2, 0) is 16.0 Å². The van der Waals surface area contributed by atoms with Crippen molar-refractivity contribution in [3.8, 4) is 5.75 Å². The molecule has 0 aromatic heterocycles. The summed E-state index contributed by atoms with van der Waals surface area (Å²) >= 11 is 0. The normalized spacial score (nSPS) is 16.1. The van der Waals surface area contributed by atoms with Crippen LogP contribution in [0.25, 0.3) is 0 Å². The fraction of sp³-hybridized carbons (Fsp3) is 0.533. The fourth-order valence-electron chi connectivity index (χ4n) is 2.34. The number of carbonyl (C=O) groups is 1. The zero-order valence-corrected chi connectivity index (χ0v) is 12.0. The Morgan fingerprint density at radius 1 is 1.30 bits per heavy atom. The molecule has 2 rings (SSSR count). The third kappa shape index (κ3) is 3.95. The van der Waals surface area contributed by atoms with E-state index in [1.54, 1.807) is 0 Å². The van der Waals surface area contributed by atoms with Crippen LogP contribution in [0.3, 0.4) is 0 Å². The Morgan fingerprint density at radius 2 is 1.90 bits per heavy atom. The largest absolute Gasteiger partial charge is 0.507 e. The highest BCUT2D eigenvalue weighted by Crippen LogP contribution is 2.23. The van der Waals surface area contributed by atoms with Crippen LogP contribution in [0.15, 0.2) is 12.1 Å². The van der Waals surface area contributed by atoms with Gasteiger partial charge in [-0.2, -0.15) is 0 Å². The molecular weight excluding hydrogens is 256 g/mol. The average Bonchev–Trinajstić information content (AvgIpc) is 2.43. The molecule has 0 unspecified atom stereocenters. The Bertz CT molecular complexity index is 459. The lowest BCUT2D eigenvalue weighted by molar-refractivity contribution is -0.153. The number of benzene rings is 1. The van der Waals surface area contributed by atoms with Gasteiger partial charge in [0.05, 0.1) is 0 Å². The summed E-state index contributed by atoms with van der Waals surface area (Å²) < 4.78 is 5.29. The molecule has 1 aliphatic heterocycles. The highest BCUT2D eigenvalue weighted by molar-refractivity contribution is 5.70. The maximum Gasteiger partial charge on any atom is 0.308 e. The van der Waals surface area contributed by atoms with Crippen LogP contribution in [0, 0.1) is 13.8 Å². The molecule has 0 amide bonds. The third-order valence-electron chi connectivity index (χ3n) is 3.43. The topological polar surface area (TPSA) is 70.6 Å². The summed E-state index contributed by atoms with van der Waals surface area (Å²) in [6.45, 7) is 5.45. The van der Waals surface area contributed by atoms with E-state index >= 15 is 0 Å². The van der Waals surface area contributed by atoms with Crippen molar-refractivity contribution in [2.75, 3.05) is 13.1 Å². The number of phenols is 1. The second kappa shape index (κ2) is 6.72. The SMILES string of the molecule is Cc1cc(CCC(=O)OC2NCCCN2)cc(C)c1O. The molecule has 5 nitrogen and oxygen atoms in total. The first-order valence-corrected chi connectivity index (χ1v) is 7.01. The maximum absolute atomic E-state index is 11.8. The molecular formula is C15H22N2O3. The van der Waals surface area contributed by atoms with Gasteiger partial charge in [0.25, 0.3) is 0 Å². The summed E-state index contributed by atoms with van der Waals surface area (Å²) in [6, 6.07) is 3.82. The van der Waals surface area contributed by atoms with Gasteiger partial charge in [-0.1, -0.05) is 12.1 Å². The van der Waals surface area contributed by atoms with Crippen LogP contribution < -0.4 is 10.6 Å². The van der Waals surface area contributed by atoms with Gasteiger partial charge in [-0.25, -0.2) is 0 Å². The van der Waals surface area contributed by atoms with E-state index in [1.165, 1.54) is 0 Å². The van der Waals surface area contributed by atoms with Crippen molar-refractivity contribution in [3.05, 3.63) is 28.8 Å². The van der Waals surface area contributed by atoms with E-state index in [2.05, 4.69) is 10.6 Å². The number of hydrogen-bond donors (Lipinski definition) is 3. The standard InChI is InChI=1S/C15H22N2O3/c1-10-8-12(9-11(2)14(10)19)4-5-13(18)20-15-16-6-3-7-17-15/h8-9,15-17,19H,3-7H2,1-2H3. The van der Waals surface area contributed by atoms with Crippen molar-refractivity contribution < 1.29 is 14.6 Å². The summed E-state index contributed by atoms with van der Waals surface area (Å²) in [7, 11) is 0. The van der Waals surface area contributed by atoms with Gasteiger partial charge in [-0.3, -0.25) is 15.4 Å². The van der Waals surface area contributed by atoms with Crippen molar-refractivity contribution in [2.24, 2.45) is 0 Å². The number of hydrogen-bond acceptors (Lipinski definition) is 5. The maximum atomic E-state index is 11.8.